The molecule has 1 saturated heterocycles. The molecule has 114 valence electrons. The van der Waals surface area contributed by atoms with Crippen molar-refractivity contribution in [3.05, 3.63) is 22.9 Å². The fourth-order valence-corrected chi connectivity index (χ4v) is 3.76. The number of piperidine rings is 1. The van der Waals surface area contributed by atoms with Gasteiger partial charge in [0.2, 0.25) is 0 Å². The summed E-state index contributed by atoms with van der Waals surface area (Å²) in [6.07, 6.45) is 6.99. The minimum Gasteiger partial charge on any atom is -0.384 e. The Hall–Kier alpha value is -1.58. The Morgan fingerprint density at radius 1 is 1.33 bits per heavy atom. The topological polar surface area (TPSA) is 66.0 Å². The molecule has 0 saturated carbocycles. The van der Waals surface area contributed by atoms with E-state index in [4.69, 9.17) is 16.1 Å². The summed E-state index contributed by atoms with van der Waals surface area (Å²) in [6.45, 7) is 5.61. The molecule has 1 aromatic rings. The smallest absolute Gasteiger partial charge is 0.140 e. The molecule has 1 aromatic heterocycles. The van der Waals surface area contributed by atoms with E-state index in [0.29, 0.717) is 6.04 Å². The van der Waals surface area contributed by atoms with E-state index in [1.54, 1.807) is 0 Å². The summed E-state index contributed by atoms with van der Waals surface area (Å²) in [6, 6.07) is 2.60. The SMILES string of the molecule is CC1CCN(c2nc3c(cc2C(=N)N)CCCC3)C(C)C1. The first-order chi connectivity index (χ1) is 10.1. The number of nitrogens with zero attached hydrogens (tertiary/aromatic N) is 2. The highest BCUT2D eigenvalue weighted by molar-refractivity contribution is 6.00. The zero-order valence-electron chi connectivity index (χ0n) is 13.2. The van der Waals surface area contributed by atoms with E-state index >= 15 is 0 Å². The second kappa shape index (κ2) is 5.66. The van der Waals surface area contributed by atoms with Gasteiger partial charge in [-0.3, -0.25) is 5.41 Å². The van der Waals surface area contributed by atoms with Crippen LogP contribution in [0.4, 0.5) is 5.82 Å². The van der Waals surface area contributed by atoms with E-state index in [-0.39, 0.29) is 5.84 Å². The molecular formula is C17H26N4. The highest BCUT2D eigenvalue weighted by Crippen LogP contribution is 2.31. The lowest BCUT2D eigenvalue weighted by atomic mass is 9.91. The first-order valence-corrected chi connectivity index (χ1v) is 8.20. The molecule has 2 heterocycles. The molecule has 0 amide bonds. The normalized spacial score (nSPS) is 25.5. The fraction of sp³-hybridized carbons (Fsp3) is 0.647. The highest BCUT2D eigenvalue weighted by Gasteiger charge is 2.27. The van der Waals surface area contributed by atoms with Crippen LogP contribution in [0.5, 0.6) is 0 Å². The molecule has 2 unspecified atom stereocenters. The van der Waals surface area contributed by atoms with Gasteiger partial charge in [0.05, 0.1) is 5.56 Å². The van der Waals surface area contributed by atoms with Gasteiger partial charge in [-0.15, -0.1) is 0 Å². The van der Waals surface area contributed by atoms with Crippen molar-refractivity contribution in [2.75, 3.05) is 11.4 Å². The molecule has 1 fully saturated rings. The van der Waals surface area contributed by atoms with Crippen LogP contribution in [0, 0.1) is 11.3 Å². The molecule has 0 spiro atoms. The van der Waals surface area contributed by atoms with Gasteiger partial charge in [0.25, 0.3) is 0 Å². The van der Waals surface area contributed by atoms with Crippen molar-refractivity contribution in [2.45, 2.75) is 58.4 Å². The molecule has 21 heavy (non-hydrogen) atoms. The average Bonchev–Trinajstić information content (AvgIpc) is 2.46. The van der Waals surface area contributed by atoms with Gasteiger partial charge in [0.1, 0.15) is 11.7 Å². The van der Waals surface area contributed by atoms with Crippen LogP contribution in [0.3, 0.4) is 0 Å². The van der Waals surface area contributed by atoms with Gasteiger partial charge in [0, 0.05) is 18.3 Å². The minimum absolute atomic E-state index is 0.150. The number of aryl methyl sites for hydroxylation is 2. The molecular weight excluding hydrogens is 260 g/mol. The van der Waals surface area contributed by atoms with Crippen molar-refractivity contribution in [1.29, 1.82) is 5.41 Å². The number of fused-ring (bicyclic) bond motifs is 1. The van der Waals surface area contributed by atoms with Crippen molar-refractivity contribution in [2.24, 2.45) is 11.7 Å². The molecule has 4 heteroatoms. The van der Waals surface area contributed by atoms with Crippen LogP contribution < -0.4 is 10.6 Å². The Bertz CT molecular complexity index is 552. The van der Waals surface area contributed by atoms with Crippen molar-refractivity contribution in [3.63, 3.8) is 0 Å². The number of hydrogen-bond acceptors (Lipinski definition) is 3. The van der Waals surface area contributed by atoms with E-state index in [9.17, 15) is 0 Å². The van der Waals surface area contributed by atoms with Gasteiger partial charge in [-0.1, -0.05) is 6.92 Å². The van der Waals surface area contributed by atoms with Crippen molar-refractivity contribution < 1.29 is 0 Å². The molecule has 4 nitrogen and oxygen atoms in total. The zero-order valence-corrected chi connectivity index (χ0v) is 13.2. The van der Waals surface area contributed by atoms with Crippen LogP contribution in [-0.4, -0.2) is 23.4 Å². The molecule has 2 atom stereocenters. The number of aromatic nitrogens is 1. The van der Waals surface area contributed by atoms with Crippen LogP contribution in [-0.2, 0) is 12.8 Å². The Kier molecular flexibility index (Phi) is 3.87. The number of nitrogens with one attached hydrogen (secondary N) is 1. The van der Waals surface area contributed by atoms with Crippen LogP contribution >= 0.6 is 0 Å². The second-order valence-corrected chi connectivity index (χ2v) is 6.76. The van der Waals surface area contributed by atoms with Gasteiger partial charge in [0.15, 0.2) is 0 Å². The van der Waals surface area contributed by atoms with Gasteiger partial charge in [-0.2, -0.15) is 0 Å². The van der Waals surface area contributed by atoms with Gasteiger partial charge >= 0.3 is 0 Å². The Balaban J connectivity index is 2.01. The molecule has 1 aliphatic carbocycles. The maximum Gasteiger partial charge on any atom is 0.140 e. The lowest BCUT2D eigenvalue weighted by molar-refractivity contribution is 0.375. The number of anilines is 1. The Morgan fingerprint density at radius 2 is 2.10 bits per heavy atom. The van der Waals surface area contributed by atoms with Crippen LogP contribution in [0.25, 0.3) is 0 Å². The number of rotatable bonds is 2. The summed E-state index contributed by atoms with van der Waals surface area (Å²) in [5, 5.41) is 7.93. The number of pyridine rings is 1. The van der Waals surface area contributed by atoms with E-state index in [2.05, 4.69) is 24.8 Å². The summed E-state index contributed by atoms with van der Waals surface area (Å²) in [5.74, 6) is 1.87. The summed E-state index contributed by atoms with van der Waals surface area (Å²) in [4.78, 5) is 7.31. The number of nitrogens with two attached hydrogens (primary N) is 1. The predicted octanol–water partition coefficient (Wildman–Crippen LogP) is 2.87. The largest absolute Gasteiger partial charge is 0.384 e. The lowest BCUT2D eigenvalue weighted by Gasteiger charge is -2.38. The van der Waals surface area contributed by atoms with Crippen LogP contribution in [0.1, 0.15) is 56.4 Å². The summed E-state index contributed by atoms with van der Waals surface area (Å²) >= 11 is 0. The molecule has 2 aliphatic rings. The van der Waals surface area contributed by atoms with Gasteiger partial charge < -0.3 is 10.6 Å². The predicted molar refractivity (Wildman–Crippen MR) is 87.1 cm³/mol. The molecule has 0 radical (unpaired) electrons. The zero-order chi connectivity index (χ0) is 15.0. The lowest BCUT2D eigenvalue weighted by Crippen LogP contribution is -2.42. The van der Waals surface area contributed by atoms with Gasteiger partial charge in [-0.05, 0) is 63.0 Å². The Labute approximate surface area is 127 Å². The molecule has 0 bridgehead atoms. The van der Waals surface area contributed by atoms with Crippen molar-refractivity contribution in [3.8, 4) is 0 Å². The third kappa shape index (κ3) is 2.76. The minimum atomic E-state index is 0.150. The molecule has 3 N–H and O–H groups in total. The molecule has 3 rings (SSSR count). The van der Waals surface area contributed by atoms with E-state index < -0.39 is 0 Å². The third-order valence-corrected chi connectivity index (χ3v) is 4.98. The first kappa shape index (κ1) is 14.4. The summed E-state index contributed by atoms with van der Waals surface area (Å²) < 4.78 is 0. The monoisotopic (exact) mass is 286 g/mol. The van der Waals surface area contributed by atoms with Crippen molar-refractivity contribution in [1.82, 2.24) is 4.98 Å². The Morgan fingerprint density at radius 3 is 2.81 bits per heavy atom. The second-order valence-electron chi connectivity index (χ2n) is 6.76. The van der Waals surface area contributed by atoms with Crippen LogP contribution in [0.2, 0.25) is 0 Å². The summed E-state index contributed by atoms with van der Waals surface area (Å²) in [7, 11) is 0. The third-order valence-electron chi connectivity index (χ3n) is 4.98. The quantitative estimate of drug-likeness (QED) is 0.649. The molecule has 1 aliphatic heterocycles. The van der Waals surface area contributed by atoms with E-state index in [0.717, 1.165) is 36.7 Å². The first-order valence-electron chi connectivity index (χ1n) is 8.20. The fourth-order valence-electron chi connectivity index (χ4n) is 3.76. The number of hydrogen-bond donors (Lipinski definition) is 2. The van der Waals surface area contributed by atoms with E-state index in [1.807, 2.05) is 0 Å². The molecule has 0 aromatic carbocycles. The summed E-state index contributed by atoms with van der Waals surface area (Å²) in [5.41, 5.74) is 9.20. The number of amidine groups is 1. The number of nitrogen functional groups attached to an aromatic ring is 1. The van der Waals surface area contributed by atoms with Gasteiger partial charge in [-0.25, -0.2) is 4.98 Å². The maximum absolute atomic E-state index is 7.93. The highest BCUT2D eigenvalue weighted by atomic mass is 15.2. The average molecular weight is 286 g/mol. The standard InChI is InChI=1S/C17H26N4/c1-11-7-8-21(12(2)9-11)17-14(16(18)19)10-13-5-3-4-6-15(13)20-17/h10-12H,3-9H2,1-2H3,(H3,18,19). The maximum atomic E-state index is 7.93. The van der Waals surface area contributed by atoms with E-state index in [1.165, 1.54) is 36.9 Å². The van der Waals surface area contributed by atoms with Crippen LogP contribution in [0.15, 0.2) is 6.07 Å². The van der Waals surface area contributed by atoms with Crippen molar-refractivity contribution >= 4 is 11.7 Å².